The lowest BCUT2D eigenvalue weighted by molar-refractivity contribution is 0.525. The first-order valence-electron chi connectivity index (χ1n) is 7.45. The van der Waals surface area contributed by atoms with Gasteiger partial charge in [-0.2, -0.15) is 10.2 Å². The van der Waals surface area contributed by atoms with E-state index in [1.165, 1.54) is 17.0 Å². The summed E-state index contributed by atoms with van der Waals surface area (Å²) in [6.07, 6.45) is 2.97. The van der Waals surface area contributed by atoms with E-state index in [9.17, 15) is 0 Å². The molecule has 0 aliphatic carbocycles. The third kappa shape index (κ3) is 3.06. The van der Waals surface area contributed by atoms with E-state index in [0.717, 1.165) is 29.7 Å². The van der Waals surface area contributed by atoms with Crippen molar-refractivity contribution in [3.8, 4) is 0 Å². The first-order valence-corrected chi connectivity index (χ1v) is 8.25. The van der Waals surface area contributed by atoms with E-state index in [-0.39, 0.29) is 6.04 Å². The molecule has 0 amide bonds. The summed E-state index contributed by atoms with van der Waals surface area (Å²) in [6.45, 7) is 10.3. The molecule has 0 radical (unpaired) electrons. The molecule has 2 rings (SSSR count). The molecule has 1 atom stereocenters. The van der Waals surface area contributed by atoms with Crippen molar-refractivity contribution in [2.24, 2.45) is 7.05 Å². The Labute approximate surface area is 134 Å². The van der Waals surface area contributed by atoms with E-state index in [0.29, 0.717) is 0 Å². The summed E-state index contributed by atoms with van der Waals surface area (Å²) in [5.74, 6) is 0. The van der Waals surface area contributed by atoms with Gasteiger partial charge in [-0.3, -0.25) is 9.36 Å². The number of aryl methyl sites for hydroxylation is 3. The Morgan fingerprint density at radius 1 is 1.33 bits per heavy atom. The van der Waals surface area contributed by atoms with Crippen molar-refractivity contribution in [3.05, 3.63) is 33.3 Å². The van der Waals surface area contributed by atoms with E-state index in [1.54, 1.807) is 0 Å². The van der Waals surface area contributed by atoms with Crippen molar-refractivity contribution in [1.82, 2.24) is 24.9 Å². The Morgan fingerprint density at radius 3 is 2.57 bits per heavy atom. The van der Waals surface area contributed by atoms with Crippen LogP contribution in [0.2, 0.25) is 0 Å². The molecule has 0 spiro atoms. The predicted molar refractivity (Wildman–Crippen MR) is 88.4 cm³/mol. The lowest BCUT2D eigenvalue weighted by Crippen LogP contribution is -2.27. The quantitative estimate of drug-likeness (QED) is 0.867. The van der Waals surface area contributed by atoms with Crippen LogP contribution < -0.4 is 5.32 Å². The number of nitrogens with zero attached hydrogens (tertiary/aromatic N) is 4. The largest absolute Gasteiger partial charge is 0.305 e. The Kier molecular flexibility index (Phi) is 5.22. The van der Waals surface area contributed by atoms with Crippen LogP contribution in [0, 0.1) is 13.8 Å². The number of rotatable bonds is 6. The van der Waals surface area contributed by atoms with Crippen molar-refractivity contribution in [1.29, 1.82) is 0 Å². The topological polar surface area (TPSA) is 47.7 Å². The standard InChI is InChI=1S/C15H24BrN5/c1-6-8-17-14(13-10(3)19-20(5)11(13)4)15-12(16)9-18-21(15)7-2/h9,14,17H,6-8H2,1-5H3. The zero-order chi connectivity index (χ0) is 15.6. The number of nitrogens with one attached hydrogen (secondary N) is 1. The number of halogens is 1. The maximum atomic E-state index is 4.57. The van der Waals surface area contributed by atoms with Crippen LogP contribution in [0.15, 0.2) is 10.7 Å². The lowest BCUT2D eigenvalue weighted by Gasteiger charge is -2.21. The maximum absolute atomic E-state index is 4.57. The summed E-state index contributed by atoms with van der Waals surface area (Å²) < 4.78 is 5.04. The molecule has 0 aliphatic rings. The van der Waals surface area contributed by atoms with Crippen LogP contribution in [-0.4, -0.2) is 26.1 Å². The molecule has 1 N–H and O–H groups in total. The monoisotopic (exact) mass is 353 g/mol. The third-order valence-corrected chi connectivity index (χ3v) is 4.47. The summed E-state index contributed by atoms with van der Waals surface area (Å²) in [5, 5.41) is 12.7. The van der Waals surface area contributed by atoms with Gasteiger partial charge < -0.3 is 5.32 Å². The van der Waals surface area contributed by atoms with Gasteiger partial charge in [-0.15, -0.1) is 0 Å². The molecular formula is C15H24BrN5. The van der Waals surface area contributed by atoms with Gasteiger partial charge in [0, 0.05) is 24.8 Å². The second kappa shape index (κ2) is 6.75. The zero-order valence-corrected chi connectivity index (χ0v) is 15.0. The third-order valence-electron chi connectivity index (χ3n) is 3.86. The fourth-order valence-corrected chi connectivity index (χ4v) is 3.27. The van der Waals surface area contributed by atoms with Crippen LogP contribution in [0.4, 0.5) is 0 Å². The van der Waals surface area contributed by atoms with Crippen molar-refractivity contribution in [2.75, 3.05) is 6.54 Å². The van der Waals surface area contributed by atoms with Gasteiger partial charge in [0.15, 0.2) is 0 Å². The van der Waals surface area contributed by atoms with Gasteiger partial charge >= 0.3 is 0 Å². The summed E-state index contributed by atoms with van der Waals surface area (Å²) in [4.78, 5) is 0. The molecule has 0 saturated heterocycles. The van der Waals surface area contributed by atoms with Crippen LogP contribution in [-0.2, 0) is 13.6 Å². The highest BCUT2D eigenvalue weighted by Crippen LogP contribution is 2.32. The van der Waals surface area contributed by atoms with Crippen LogP contribution in [0.1, 0.15) is 49.0 Å². The van der Waals surface area contributed by atoms with Crippen molar-refractivity contribution in [3.63, 3.8) is 0 Å². The van der Waals surface area contributed by atoms with E-state index >= 15 is 0 Å². The van der Waals surface area contributed by atoms with Crippen LogP contribution in [0.25, 0.3) is 0 Å². The second-order valence-corrected chi connectivity index (χ2v) is 6.14. The highest BCUT2D eigenvalue weighted by atomic mass is 79.9. The van der Waals surface area contributed by atoms with E-state index in [4.69, 9.17) is 0 Å². The molecule has 2 aromatic heterocycles. The zero-order valence-electron chi connectivity index (χ0n) is 13.4. The molecule has 1 unspecified atom stereocenters. The molecule has 0 aromatic carbocycles. The molecule has 0 bridgehead atoms. The van der Waals surface area contributed by atoms with E-state index in [2.05, 4.69) is 59.1 Å². The normalized spacial score (nSPS) is 12.9. The van der Waals surface area contributed by atoms with Gasteiger partial charge in [0.05, 0.1) is 28.1 Å². The minimum atomic E-state index is 0.107. The van der Waals surface area contributed by atoms with Gasteiger partial charge in [0.25, 0.3) is 0 Å². The molecule has 6 heteroatoms. The number of hydrogen-bond acceptors (Lipinski definition) is 3. The Hall–Kier alpha value is -1.14. The molecule has 5 nitrogen and oxygen atoms in total. The fraction of sp³-hybridized carbons (Fsp3) is 0.600. The Balaban J connectivity index is 2.55. The summed E-state index contributed by atoms with van der Waals surface area (Å²) in [7, 11) is 1.99. The second-order valence-electron chi connectivity index (χ2n) is 5.29. The van der Waals surface area contributed by atoms with Gasteiger partial charge in [-0.25, -0.2) is 0 Å². The molecule has 0 fully saturated rings. The molecule has 2 aromatic rings. The van der Waals surface area contributed by atoms with Crippen molar-refractivity contribution >= 4 is 15.9 Å². The number of hydrogen-bond donors (Lipinski definition) is 1. The summed E-state index contributed by atoms with van der Waals surface area (Å²) >= 11 is 3.65. The first kappa shape index (κ1) is 16.2. The minimum absolute atomic E-state index is 0.107. The highest BCUT2D eigenvalue weighted by molar-refractivity contribution is 9.10. The van der Waals surface area contributed by atoms with E-state index < -0.39 is 0 Å². The molecule has 0 aliphatic heterocycles. The molecule has 116 valence electrons. The highest BCUT2D eigenvalue weighted by Gasteiger charge is 2.26. The van der Waals surface area contributed by atoms with Crippen LogP contribution >= 0.6 is 15.9 Å². The van der Waals surface area contributed by atoms with Crippen molar-refractivity contribution < 1.29 is 0 Å². The minimum Gasteiger partial charge on any atom is -0.305 e. The smallest absolute Gasteiger partial charge is 0.0796 e. The predicted octanol–water partition coefficient (Wildman–Crippen LogP) is 3.10. The van der Waals surface area contributed by atoms with Crippen LogP contribution in [0.3, 0.4) is 0 Å². The summed E-state index contributed by atoms with van der Waals surface area (Å²) in [5.41, 5.74) is 4.68. The van der Waals surface area contributed by atoms with Gasteiger partial charge in [-0.1, -0.05) is 6.92 Å². The Bertz CT molecular complexity index is 614. The Morgan fingerprint density at radius 2 is 2.05 bits per heavy atom. The van der Waals surface area contributed by atoms with E-state index in [1.807, 2.05) is 22.6 Å². The van der Waals surface area contributed by atoms with Gasteiger partial charge in [0.1, 0.15) is 0 Å². The average molecular weight is 354 g/mol. The van der Waals surface area contributed by atoms with Gasteiger partial charge in [-0.05, 0) is 49.7 Å². The molecule has 21 heavy (non-hydrogen) atoms. The number of aromatic nitrogens is 4. The molecular weight excluding hydrogens is 330 g/mol. The van der Waals surface area contributed by atoms with Gasteiger partial charge in [0.2, 0.25) is 0 Å². The fourth-order valence-electron chi connectivity index (χ4n) is 2.74. The van der Waals surface area contributed by atoms with Crippen molar-refractivity contribution in [2.45, 2.75) is 46.7 Å². The lowest BCUT2D eigenvalue weighted by atomic mass is 10.0. The summed E-state index contributed by atoms with van der Waals surface area (Å²) in [6, 6.07) is 0.107. The van der Waals surface area contributed by atoms with Crippen LogP contribution in [0.5, 0.6) is 0 Å². The average Bonchev–Trinajstić information content (AvgIpc) is 2.94. The SMILES string of the molecule is CCCNC(c1c(C)nn(C)c1C)c1c(Br)cnn1CC. The molecule has 0 saturated carbocycles. The maximum Gasteiger partial charge on any atom is 0.0796 e. The molecule has 2 heterocycles. The first-order chi connectivity index (χ1) is 10.0.